The van der Waals surface area contributed by atoms with Crippen LogP contribution in [0.25, 0.3) is 0 Å². The van der Waals surface area contributed by atoms with E-state index in [1.54, 1.807) is 12.1 Å². The Balaban J connectivity index is 1.62. The summed E-state index contributed by atoms with van der Waals surface area (Å²) in [7, 11) is 0. The highest BCUT2D eigenvalue weighted by molar-refractivity contribution is 6.03. The van der Waals surface area contributed by atoms with E-state index in [1.165, 1.54) is 18.1 Å². The van der Waals surface area contributed by atoms with E-state index in [4.69, 9.17) is 0 Å². The second kappa shape index (κ2) is 6.33. The van der Waals surface area contributed by atoms with Gasteiger partial charge in [-0.05, 0) is 23.3 Å². The molecule has 2 aromatic carbocycles. The van der Waals surface area contributed by atoms with Gasteiger partial charge in [0.2, 0.25) is 5.91 Å². The predicted octanol–water partition coefficient (Wildman–Crippen LogP) is 2.43. The van der Waals surface area contributed by atoms with Crippen LogP contribution in [0.3, 0.4) is 0 Å². The fourth-order valence-corrected chi connectivity index (χ4v) is 4.14. The van der Waals surface area contributed by atoms with Gasteiger partial charge in [-0.15, -0.1) is 0 Å². The number of benzene rings is 2. The zero-order valence-electron chi connectivity index (χ0n) is 14.1. The molecule has 2 aliphatic rings. The maximum atomic E-state index is 12.9. The van der Waals surface area contributed by atoms with E-state index < -0.39 is 0 Å². The van der Waals surface area contributed by atoms with Crippen molar-refractivity contribution in [2.45, 2.75) is 18.9 Å². The normalized spacial score (nSPS) is 23.6. The molecule has 1 aliphatic carbocycles. The largest absolute Gasteiger partial charge is 0.345 e. The minimum Gasteiger partial charge on any atom is -0.345 e. The summed E-state index contributed by atoms with van der Waals surface area (Å²) in [6.07, 6.45) is 0. The SMILES string of the molecule is CC(=O)Nc1ccccc1C(=O)N[C@@H]1c2ccccc2[C@@H]2CNC[C@H]12. The van der Waals surface area contributed by atoms with Crippen LogP contribution >= 0.6 is 0 Å². The van der Waals surface area contributed by atoms with E-state index in [0.717, 1.165) is 13.1 Å². The number of hydrogen-bond donors (Lipinski definition) is 3. The van der Waals surface area contributed by atoms with Gasteiger partial charge in [0, 0.05) is 31.8 Å². The van der Waals surface area contributed by atoms with Gasteiger partial charge in [0.25, 0.3) is 5.91 Å². The van der Waals surface area contributed by atoms with Crippen LogP contribution in [0.1, 0.15) is 40.4 Å². The molecular formula is C20H21N3O2. The molecule has 0 unspecified atom stereocenters. The van der Waals surface area contributed by atoms with Crippen molar-refractivity contribution in [3.63, 3.8) is 0 Å². The summed E-state index contributed by atoms with van der Waals surface area (Å²) in [6.45, 7) is 3.30. The molecule has 1 saturated heterocycles. The molecule has 25 heavy (non-hydrogen) atoms. The number of fused-ring (bicyclic) bond motifs is 3. The van der Waals surface area contributed by atoms with Gasteiger partial charge in [-0.2, -0.15) is 0 Å². The highest BCUT2D eigenvalue weighted by atomic mass is 16.2. The number of anilines is 1. The van der Waals surface area contributed by atoms with Crippen LogP contribution in [-0.4, -0.2) is 24.9 Å². The molecule has 1 fully saturated rings. The van der Waals surface area contributed by atoms with Crippen molar-refractivity contribution < 1.29 is 9.59 Å². The lowest BCUT2D eigenvalue weighted by Gasteiger charge is -2.21. The molecular weight excluding hydrogens is 314 g/mol. The fourth-order valence-electron chi connectivity index (χ4n) is 4.14. The van der Waals surface area contributed by atoms with Gasteiger partial charge in [-0.1, -0.05) is 36.4 Å². The summed E-state index contributed by atoms with van der Waals surface area (Å²) in [5, 5.41) is 9.38. The molecule has 3 atom stereocenters. The molecule has 0 spiro atoms. The average Bonchev–Trinajstić information content (AvgIpc) is 3.18. The van der Waals surface area contributed by atoms with E-state index in [2.05, 4.69) is 34.1 Å². The molecule has 2 aromatic rings. The van der Waals surface area contributed by atoms with Crippen molar-refractivity contribution in [2.24, 2.45) is 5.92 Å². The fraction of sp³-hybridized carbons (Fsp3) is 0.300. The number of para-hydroxylation sites is 1. The van der Waals surface area contributed by atoms with Crippen LogP contribution in [0.2, 0.25) is 0 Å². The minimum absolute atomic E-state index is 0.00548. The van der Waals surface area contributed by atoms with Gasteiger partial charge >= 0.3 is 0 Å². The Morgan fingerprint density at radius 2 is 1.72 bits per heavy atom. The Kier molecular flexibility index (Phi) is 4.01. The average molecular weight is 335 g/mol. The highest BCUT2D eigenvalue weighted by Gasteiger charge is 2.43. The Morgan fingerprint density at radius 3 is 2.52 bits per heavy atom. The molecule has 2 amide bonds. The lowest BCUT2D eigenvalue weighted by molar-refractivity contribution is -0.114. The Hall–Kier alpha value is -2.66. The van der Waals surface area contributed by atoms with Gasteiger partial charge in [0.05, 0.1) is 17.3 Å². The summed E-state index contributed by atoms with van der Waals surface area (Å²) in [4.78, 5) is 24.3. The second-order valence-corrected chi connectivity index (χ2v) is 6.74. The van der Waals surface area contributed by atoms with Crippen LogP contribution in [0.4, 0.5) is 5.69 Å². The van der Waals surface area contributed by atoms with Crippen LogP contribution in [-0.2, 0) is 4.79 Å². The van der Waals surface area contributed by atoms with E-state index in [0.29, 0.717) is 23.1 Å². The maximum Gasteiger partial charge on any atom is 0.253 e. The second-order valence-electron chi connectivity index (χ2n) is 6.74. The number of rotatable bonds is 3. The number of carbonyl (C=O) groups excluding carboxylic acids is 2. The van der Waals surface area contributed by atoms with Gasteiger partial charge in [-0.25, -0.2) is 0 Å². The summed E-state index contributed by atoms with van der Waals surface area (Å²) in [5.41, 5.74) is 3.58. The molecule has 0 saturated carbocycles. The molecule has 0 bridgehead atoms. The molecule has 1 aliphatic heterocycles. The monoisotopic (exact) mass is 335 g/mol. The zero-order valence-corrected chi connectivity index (χ0v) is 14.1. The third-order valence-electron chi connectivity index (χ3n) is 5.19. The molecule has 5 heteroatoms. The van der Waals surface area contributed by atoms with Crippen molar-refractivity contribution in [2.75, 3.05) is 18.4 Å². The lowest BCUT2D eigenvalue weighted by Crippen LogP contribution is -2.33. The summed E-state index contributed by atoms with van der Waals surface area (Å²) in [5.74, 6) is 0.476. The van der Waals surface area contributed by atoms with Gasteiger partial charge in [0.15, 0.2) is 0 Å². The summed E-state index contributed by atoms with van der Waals surface area (Å²) in [6, 6.07) is 15.5. The first kappa shape index (κ1) is 15.8. The van der Waals surface area contributed by atoms with Crippen LogP contribution in [0, 0.1) is 5.92 Å². The number of hydrogen-bond acceptors (Lipinski definition) is 3. The van der Waals surface area contributed by atoms with Crippen molar-refractivity contribution in [1.82, 2.24) is 10.6 Å². The first-order valence-corrected chi connectivity index (χ1v) is 8.62. The molecule has 128 valence electrons. The molecule has 3 N–H and O–H groups in total. The van der Waals surface area contributed by atoms with Gasteiger partial charge in [-0.3, -0.25) is 9.59 Å². The summed E-state index contributed by atoms with van der Waals surface area (Å²) >= 11 is 0. The first-order valence-electron chi connectivity index (χ1n) is 8.62. The molecule has 4 rings (SSSR count). The van der Waals surface area contributed by atoms with Gasteiger partial charge in [0.1, 0.15) is 0 Å². The van der Waals surface area contributed by atoms with E-state index >= 15 is 0 Å². The van der Waals surface area contributed by atoms with Crippen LogP contribution in [0.15, 0.2) is 48.5 Å². The third-order valence-corrected chi connectivity index (χ3v) is 5.19. The topological polar surface area (TPSA) is 70.2 Å². The molecule has 1 heterocycles. The Morgan fingerprint density at radius 1 is 1.00 bits per heavy atom. The van der Waals surface area contributed by atoms with E-state index in [9.17, 15) is 9.59 Å². The standard InChI is InChI=1S/C20H21N3O2/c1-12(24)22-18-9-5-4-8-15(18)20(25)23-19-14-7-3-2-6-13(14)16-10-21-11-17(16)19/h2-9,16-17,19,21H,10-11H2,1H3,(H,22,24)(H,23,25)/t16-,17-,19+/m0/s1. The Labute approximate surface area is 146 Å². The number of carbonyl (C=O) groups is 2. The quantitative estimate of drug-likeness (QED) is 0.807. The maximum absolute atomic E-state index is 12.9. The third kappa shape index (κ3) is 2.81. The molecule has 5 nitrogen and oxygen atoms in total. The van der Waals surface area contributed by atoms with Crippen molar-refractivity contribution in [3.05, 3.63) is 65.2 Å². The molecule has 0 radical (unpaired) electrons. The first-order chi connectivity index (χ1) is 12.1. The van der Waals surface area contributed by atoms with E-state index in [-0.39, 0.29) is 17.9 Å². The molecule has 0 aromatic heterocycles. The van der Waals surface area contributed by atoms with Crippen LogP contribution in [0.5, 0.6) is 0 Å². The van der Waals surface area contributed by atoms with E-state index in [1.807, 2.05) is 18.2 Å². The summed E-state index contributed by atoms with van der Waals surface area (Å²) < 4.78 is 0. The number of nitrogens with one attached hydrogen (secondary N) is 3. The van der Waals surface area contributed by atoms with Crippen molar-refractivity contribution in [1.29, 1.82) is 0 Å². The zero-order chi connectivity index (χ0) is 17.4. The minimum atomic E-state index is -0.188. The van der Waals surface area contributed by atoms with Crippen molar-refractivity contribution in [3.8, 4) is 0 Å². The predicted molar refractivity (Wildman–Crippen MR) is 96.5 cm³/mol. The highest BCUT2D eigenvalue weighted by Crippen LogP contribution is 2.46. The van der Waals surface area contributed by atoms with Crippen LogP contribution < -0.4 is 16.0 Å². The smallest absolute Gasteiger partial charge is 0.253 e. The van der Waals surface area contributed by atoms with Gasteiger partial charge < -0.3 is 16.0 Å². The number of amides is 2. The Bertz CT molecular complexity index is 833. The van der Waals surface area contributed by atoms with Crippen molar-refractivity contribution >= 4 is 17.5 Å². The lowest BCUT2D eigenvalue weighted by atomic mass is 9.94.